The Balaban J connectivity index is 3.33. The third kappa shape index (κ3) is 1.66. The summed E-state index contributed by atoms with van der Waals surface area (Å²) in [5.41, 5.74) is -0.275. The van der Waals surface area contributed by atoms with Crippen molar-refractivity contribution in [2.75, 3.05) is 7.05 Å². The summed E-state index contributed by atoms with van der Waals surface area (Å²) in [5.74, 6) is -2.40. The van der Waals surface area contributed by atoms with Gasteiger partial charge in [-0.15, -0.1) is 0 Å². The van der Waals surface area contributed by atoms with E-state index in [9.17, 15) is 13.6 Å². The maximum Gasteiger partial charge on any atom is 0.257 e. The predicted octanol–water partition coefficient (Wildman–Crippen LogP) is 1.63. The standard InChI is InChI=1S/C9H9F2NO/c1-5-3-4-6(10)7(8(5)11)9(13)12-2/h3-4H,1-2H3,(H,12,13). The molecule has 1 rings (SSSR count). The second-order valence-electron chi connectivity index (χ2n) is 2.63. The fraction of sp³-hybridized carbons (Fsp3) is 0.222. The number of rotatable bonds is 1. The maximum atomic E-state index is 13.2. The van der Waals surface area contributed by atoms with E-state index in [1.54, 1.807) is 0 Å². The summed E-state index contributed by atoms with van der Waals surface area (Å²) in [7, 11) is 1.32. The first-order valence-electron chi connectivity index (χ1n) is 3.74. The van der Waals surface area contributed by atoms with E-state index in [-0.39, 0.29) is 5.56 Å². The number of benzene rings is 1. The molecule has 0 bridgehead atoms. The number of halogens is 2. The van der Waals surface area contributed by atoms with Crippen LogP contribution in [-0.4, -0.2) is 13.0 Å². The molecule has 13 heavy (non-hydrogen) atoms. The highest BCUT2D eigenvalue weighted by Crippen LogP contribution is 2.15. The lowest BCUT2D eigenvalue weighted by Crippen LogP contribution is -2.21. The number of nitrogens with one attached hydrogen (secondary N) is 1. The number of hydrogen-bond donors (Lipinski definition) is 1. The van der Waals surface area contributed by atoms with Crippen LogP contribution >= 0.6 is 0 Å². The molecule has 1 aromatic carbocycles. The van der Waals surface area contributed by atoms with Crippen LogP contribution in [0.3, 0.4) is 0 Å². The molecule has 0 unspecified atom stereocenters. The molecule has 0 atom stereocenters. The smallest absolute Gasteiger partial charge is 0.257 e. The Labute approximate surface area is 74.6 Å². The topological polar surface area (TPSA) is 29.1 Å². The van der Waals surface area contributed by atoms with Gasteiger partial charge in [-0.2, -0.15) is 0 Å². The molecule has 1 aromatic rings. The van der Waals surface area contributed by atoms with Crippen LogP contribution in [0.2, 0.25) is 0 Å². The van der Waals surface area contributed by atoms with Gasteiger partial charge < -0.3 is 5.32 Å². The van der Waals surface area contributed by atoms with Crippen molar-refractivity contribution in [1.29, 1.82) is 0 Å². The first-order valence-corrected chi connectivity index (χ1v) is 3.74. The molecule has 0 aliphatic heterocycles. The third-order valence-electron chi connectivity index (χ3n) is 1.74. The van der Waals surface area contributed by atoms with E-state index in [0.29, 0.717) is 0 Å². The van der Waals surface area contributed by atoms with Gasteiger partial charge in [0.1, 0.15) is 17.2 Å². The van der Waals surface area contributed by atoms with Gasteiger partial charge in [0.2, 0.25) is 0 Å². The van der Waals surface area contributed by atoms with E-state index < -0.39 is 23.1 Å². The maximum absolute atomic E-state index is 13.2. The molecule has 0 heterocycles. The van der Waals surface area contributed by atoms with E-state index in [4.69, 9.17) is 0 Å². The zero-order valence-corrected chi connectivity index (χ0v) is 7.32. The van der Waals surface area contributed by atoms with E-state index in [0.717, 1.165) is 6.07 Å². The Hall–Kier alpha value is -1.45. The Bertz CT molecular complexity index is 350. The number of amides is 1. The quantitative estimate of drug-likeness (QED) is 0.707. The highest BCUT2D eigenvalue weighted by molar-refractivity contribution is 5.94. The number of hydrogen-bond acceptors (Lipinski definition) is 1. The highest BCUT2D eigenvalue weighted by atomic mass is 19.1. The average molecular weight is 185 g/mol. The van der Waals surface area contributed by atoms with Crippen molar-refractivity contribution in [3.8, 4) is 0 Å². The summed E-state index contributed by atoms with van der Waals surface area (Å²) in [5, 5.41) is 2.17. The van der Waals surface area contributed by atoms with Gasteiger partial charge in [0.15, 0.2) is 0 Å². The van der Waals surface area contributed by atoms with Crippen molar-refractivity contribution in [3.63, 3.8) is 0 Å². The van der Waals surface area contributed by atoms with Crippen molar-refractivity contribution in [2.45, 2.75) is 6.92 Å². The Morgan fingerprint density at radius 2 is 2.00 bits per heavy atom. The van der Waals surface area contributed by atoms with E-state index in [1.807, 2.05) is 0 Å². The van der Waals surface area contributed by atoms with Crippen molar-refractivity contribution in [3.05, 3.63) is 34.9 Å². The van der Waals surface area contributed by atoms with E-state index in [2.05, 4.69) is 5.32 Å². The Morgan fingerprint density at radius 1 is 1.38 bits per heavy atom. The molecular formula is C9H9F2NO. The van der Waals surface area contributed by atoms with Gasteiger partial charge in [-0.25, -0.2) is 8.78 Å². The Kier molecular flexibility index (Phi) is 2.60. The molecule has 0 spiro atoms. The van der Waals surface area contributed by atoms with Crippen LogP contribution in [0.15, 0.2) is 12.1 Å². The minimum atomic E-state index is -0.845. The molecule has 0 radical (unpaired) electrons. The number of aryl methyl sites for hydroxylation is 1. The lowest BCUT2D eigenvalue weighted by molar-refractivity contribution is 0.0954. The normalized spacial score (nSPS) is 9.85. The van der Waals surface area contributed by atoms with Crippen molar-refractivity contribution >= 4 is 5.91 Å². The van der Waals surface area contributed by atoms with Crippen LogP contribution in [-0.2, 0) is 0 Å². The van der Waals surface area contributed by atoms with Gasteiger partial charge in [0.25, 0.3) is 5.91 Å². The number of carbonyl (C=O) groups excluding carboxylic acids is 1. The molecule has 1 amide bonds. The summed E-state index contributed by atoms with van der Waals surface area (Å²) in [6.07, 6.45) is 0. The molecule has 2 nitrogen and oxygen atoms in total. The fourth-order valence-corrected chi connectivity index (χ4v) is 0.990. The molecule has 1 N–H and O–H groups in total. The second kappa shape index (κ2) is 3.51. The van der Waals surface area contributed by atoms with Gasteiger partial charge in [-0.3, -0.25) is 4.79 Å². The Morgan fingerprint density at radius 3 is 2.54 bits per heavy atom. The molecular weight excluding hydrogens is 176 g/mol. The van der Waals surface area contributed by atoms with Gasteiger partial charge in [-0.1, -0.05) is 6.07 Å². The molecule has 70 valence electrons. The van der Waals surface area contributed by atoms with Crippen molar-refractivity contribution in [1.82, 2.24) is 5.32 Å². The predicted molar refractivity (Wildman–Crippen MR) is 44.5 cm³/mol. The van der Waals surface area contributed by atoms with Gasteiger partial charge in [-0.05, 0) is 18.6 Å². The zero-order valence-electron chi connectivity index (χ0n) is 7.32. The molecule has 4 heteroatoms. The number of carbonyl (C=O) groups is 1. The summed E-state index contributed by atoms with van der Waals surface area (Å²) >= 11 is 0. The van der Waals surface area contributed by atoms with Crippen molar-refractivity contribution < 1.29 is 13.6 Å². The minimum absolute atomic E-state index is 0.250. The first kappa shape index (κ1) is 9.64. The lowest BCUT2D eigenvalue weighted by atomic mass is 10.1. The second-order valence-corrected chi connectivity index (χ2v) is 2.63. The first-order chi connectivity index (χ1) is 6.07. The van der Waals surface area contributed by atoms with Gasteiger partial charge in [0, 0.05) is 7.05 Å². The van der Waals surface area contributed by atoms with E-state index >= 15 is 0 Å². The molecule has 0 saturated heterocycles. The molecule has 0 aliphatic rings. The van der Waals surface area contributed by atoms with Crippen LogP contribution < -0.4 is 5.32 Å². The zero-order chi connectivity index (χ0) is 10.0. The molecule has 0 saturated carbocycles. The third-order valence-corrected chi connectivity index (χ3v) is 1.74. The van der Waals surface area contributed by atoms with Crippen LogP contribution in [0.4, 0.5) is 8.78 Å². The lowest BCUT2D eigenvalue weighted by Gasteiger charge is -2.04. The summed E-state index contributed by atoms with van der Waals surface area (Å²) in [6.45, 7) is 1.47. The summed E-state index contributed by atoms with van der Waals surface area (Å²) in [4.78, 5) is 11.0. The molecule has 0 fully saturated rings. The van der Waals surface area contributed by atoms with Crippen LogP contribution in [0, 0.1) is 18.6 Å². The van der Waals surface area contributed by atoms with Gasteiger partial charge in [0.05, 0.1) is 0 Å². The van der Waals surface area contributed by atoms with E-state index in [1.165, 1.54) is 20.0 Å². The summed E-state index contributed by atoms with van der Waals surface area (Å²) in [6, 6.07) is 2.36. The fourth-order valence-electron chi connectivity index (χ4n) is 0.990. The van der Waals surface area contributed by atoms with Gasteiger partial charge >= 0.3 is 0 Å². The van der Waals surface area contributed by atoms with Crippen LogP contribution in [0.1, 0.15) is 15.9 Å². The van der Waals surface area contributed by atoms with Crippen LogP contribution in [0.25, 0.3) is 0 Å². The minimum Gasteiger partial charge on any atom is -0.355 e. The average Bonchev–Trinajstić information content (AvgIpc) is 2.12. The monoisotopic (exact) mass is 185 g/mol. The largest absolute Gasteiger partial charge is 0.355 e. The highest BCUT2D eigenvalue weighted by Gasteiger charge is 2.17. The van der Waals surface area contributed by atoms with Crippen molar-refractivity contribution in [2.24, 2.45) is 0 Å². The molecule has 0 aromatic heterocycles. The molecule has 0 aliphatic carbocycles. The SMILES string of the molecule is CNC(=O)c1c(F)ccc(C)c1F. The summed E-state index contributed by atoms with van der Waals surface area (Å²) < 4.78 is 26.2. The van der Waals surface area contributed by atoms with Crippen LogP contribution in [0.5, 0.6) is 0 Å².